The molecular weight excluding hydrogens is 451 g/mol. The molecule has 1 aromatic carbocycles. The van der Waals surface area contributed by atoms with Crippen molar-refractivity contribution in [3.8, 4) is 5.75 Å². The molecule has 0 bridgehead atoms. The third-order valence-electron chi connectivity index (χ3n) is 8.20. The number of carbonyl (C=O) groups is 1. The van der Waals surface area contributed by atoms with E-state index in [0.29, 0.717) is 56.5 Å². The van der Waals surface area contributed by atoms with Gasteiger partial charge in [-0.15, -0.1) is 13.2 Å². The number of alkyl halides is 3. The Morgan fingerprint density at radius 2 is 2.12 bits per heavy atom. The fraction of sp³-hybridized carbons (Fsp3) is 0.720. The molecule has 3 heterocycles. The number of methoxy groups -OCH3 is 1. The van der Waals surface area contributed by atoms with E-state index in [1.54, 1.807) is 13.2 Å². The van der Waals surface area contributed by atoms with Crippen molar-refractivity contribution < 1.29 is 36.9 Å². The number of benzene rings is 1. The summed E-state index contributed by atoms with van der Waals surface area (Å²) in [7, 11) is 1.73. The molecule has 3 fully saturated rings. The van der Waals surface area contributed by atoms with Gasteiger partial charge in [0.05, 0.1) is 24.2 Å². The summed E-state index contributed by atoms with van der Waals surface area (Å²) in [6.07, 6.45) is 0.214. The second-order valence-electron chi connectivity index (χ2n) is 10.2. The van der Waals surface area contributed by atoms with Crippen molar-refractivity contribution in [1.29, 1.82) is 0 Å². The van der Waals surface area contributed by atoms with Gasteiger partial charge in [-0.05, 0) is 73.6 Å². The highest BCUT2D eigenvalue weighted by atomic mass is 19.4. The summed E-state index contributed by atoms with van der Waals surface area (Å²) < 4.78 is 59.3. The molecule has 2 saturated heterocycles. The first-order valence-corrected chi connectivity index (χ1v) is 12.2. The van der Waals surface area contributed by atoms with Crippen molar-refractivity contribution in [3.05, 3.63) is 29.3 Å². The molecule has 1 aromatic rings. The van der Waals surface area contributed by atoms with Crippen molar-refractivity contribution in [2.45, 2.75) is 63.6 Å². The summed E-state index contributed by atoms with van der Waals surface area (Å²) in [6.45, 7) is 2.80. The topological polar surface area (TPSA) is 57.2 Å². The maximum absolute atomic E-state index is 13.9. The van der Waals surface area contributed by atoms with Crippen LogP contribution in [0.2, 0.25) is 0 Å². The van der Waals surface area contributed by atoms with Crippen LogP contribution in [0.25, 0.3) is 0 Å². The maximum atomic E-state index is 13.9. The van der Waals surface area contributed by atoms with Crippen LogP contribution in [0, 0.1) is 17.3 Å². The van der Waals surface area contributed by atoms with E-state index in [0.717, 1.165) is 37.9 Å². The summed E-state index contributed by atoms with van der Waals surface area (Å²) >= 11 is 0. The fourth-order valence-corrected chi connectivity index (χ4v) is 6.58. The number of halogens is 3. The Morgan fingerprint density at radius 1 is 1.26 bits per heavy atom. The predicted octanol–water partition coefficient (Wildman–Crippen LogP) is 4.10. The van der Waals surface area contributed by atoms with Crippen LogP contribution < -0.4 is 4.74 Å². The zero-order valence-corrected chi connectivity index (χ0v) is 19.4. The Labute approximate surface area is 197 Å². The number of rotatable bonds is 5. The molecule has 9 heteroatoms. The number of ether oxygens (including phenoxy) is 4. The molecule has 2 unspecified atom stereocenters. The van der Waals surface area contributed by atoms with Crippen molar-refractivity contribution in [2.75, 3.05) is 33.5 Å². The fourth-order valence-electron chi connectivity index (χ4n) is 6.58. The number of nitrogens with zero attached hydrogens (tertiary/aromatic N) is 1. The van der Waals surface area contributed by atoms with Gasteiger partial charge < -0.3 is 23.8 Å². The molecule has 5 rings (SSSR count). The van der Waals surface area contributed by atoms with Gasteiger partial charge in [0.2, 0.25) is 5.91 Å². The molecule has 5 atom stereocenters. The van der Waals surface area contributed by atoms with E-state index in [-0.39, 0.29) is 23.9 Å². The van der Waals surface area contributed by atoms with Gasteiger partial charge in [-0.1, -0.05) is 6.07 Å². The lowest BCUT2D eigenvalue weighted by Crippen LogP contribution is -2.47. The lowest BCUT2D eigenvalue weighted by molar-refractivity contribution is -0.274. The largest absolute Gasteiger partial charge is 0.573 e. The predicted molar refractivity (Wildman–Crippen MR) is 116 cm³/mol. The lowest BCUT2D eigenvalue weighted by Gasteiger charge is -2.37. The Hall–Kier alpha value is -1.84. The quantitative estimate of drug-likeness (QED) is 0.631. The first kappa shape index (κ1) is 23.9. The molecule has 0 N–H and O–H groups in total. The normalized spacial score (nSPS) is 33.5. The Kier molecular flexibility index (Phi) is 6.54. The van der Waals surface area contributed by atoms with Crippen LogP contribution in [0.1, 0.15) is 43.2 Å². The van der Waals surface area contributed by atoms with Crippen LogP contribution in [-0.2, 0) is 32.0 Å². The van der Waals surface area contributed by atoms with E-state index in [2.05, 4.69) is 4.74 Å². The number of fused-ring (bicyclic) bond motifs is 2. The van der Waals surface area contributed by atoms with E-state index >= 15 is 0 Å². The van der Waals surface area contributed by atoms with Gasteiger partial charge in [-0.25, -0.2) is 0 Å². The van der Waals surface area contributed by atoms with E-state index in [4.69, 9.17) is 14.2 Å². The smallest absolute Gasteiger partial charge is 0.406 e. The second-order valence-corrected chi connectivity index (χ2v) is 10.2. The average molecular weight is 484 g/mol. The summed E-state index contributed by atoms with van der Waals surface area (Å²) in [4.78, 5) is 15.7. The van der Waals surface area contributed by atoms with Gasteiger partial charge in [0.25, 0.3) is 0 Å². The van der Waals surface area contributed by atoms with Crippen LogP contribution in [0.15, 0.2) is 18.2 Å². The Balaban J connectivity index is 1.29. The molecule has 3 aliphatic heterocycles. The van der Waals surface area contributed by atoms with Gasteiger partial charge >= 0.3 is 6.36 Å². The molecule has 1 aliphatic carbocycles. The van der Waals surface area contributed by atoms with E-state index in [9.17, 15) is 18.0 Å². The second kappa shape index (κ2) is 9.32. The molecular formula is C25H32F3NO5. The van der Waals surface area contributed by atoms with E-state index < -0.39 is 11.8 Å². The third-order valence-corrected chi connectivity index (χ3v) is 8.20. The highest BCUT2D eigenvalue weighted by Crippen LogP contribution is 2.53. The van der Waals surface area contributed by atoms with Crippen molar-refractivity contribution in [2.24, 2.45) is 17.3 Å². The zero-order chi connectivity index (χ0) is 23.9. The third kappa shape index (κ3) is 4.66. The van der Waals surface area contributed by atoms with Crippen LogP contribution >= 0.6 is 0 Å². The van der Waals surface area contributed by atoms with Gasteiger partial charge in [0, 0.05) is 33.4 Å². The minimum absolute atomic E-state index is 0.0839. The average Bonchev–Trinajstić information content (AvgIpc) is 3.35. The molecule has 0 aromatic heterocycles. The van der Waals surface area contributed by atoms with Crippen LogP contribution in [0.5, 0.6) is 5.75 Å². The van der Waals surface area contributed by atoms with Gasteiger partial charge in [-0.3, -0.25) is 4.79 Å². The number of hydrogen-bond acceptors (Lipinski definition) is 5. The van der Waals surface area contributed by atoms with Gasteiger partial charge in [0.15, 0.2) is 0 Å². The molecule has 1 saturated carbocycles. The van der Waals surface area contributed by atoms with Crippen molar-refractivity contribution in [1.82, 2.24) is 4.90 Å². The Morgan fingerprint density at radius 3 is 2.91 bits per heavy atom. The van der Waals surface area contributed by atoms with E-state index in [1.165, 1.54) is 12.1 Å². The highest BCUT2D eigenvalue weighted by molar-refractivity contribution is 5.84. The highest BCUT2D eigenvalue weighted by Gasteiger charge is 2.57. The molecule has 188 valence electrons. The maximum Gasteiger partial charge on any atom is 0.573 e. The molecule has 6 nitrogen and oxygen atoms in total. The summed E-state index contributed by atoms with van der Waals surface area (Å²) in [5.74, 6) is 0.647. The SMILES string of the molecule is COC1COCCC1C[C@@H]1C[C@H]2OCC[C@@]2(C(=O)N2CCc3ccc(OC(F)(F)F)cc3C2)C1. The van der Waals surface area contributed by atoms with Crippen LogP contribution in [-0.4, -0.2) is 62.9 Å². The Bertz CT molecular complexity index is 909. The number of amides is 1. The van der Waals surface area contributed by atoms with E-state index in [1.807, 2.05) is 4.90 Å². The standard InChI is InChI=1S/C25H32F3NO5/c1-31-21-15-32-8-5-18(21)10-16-11-22-24(13-16,6-9-33-22)23(30)29-7-4-17-2-3-20(12-19(17)14-29)34-25(26,27)28/h2-3,12,16,18,21-22H,4-11,13-15H2,1H3/t16-,18?,21?,22-,24-/m1/s1. The first-order valence-electron chi connectivity index (χ1n) is 12.2. The van der Waals surface area contributed by atoms with Crippen molar-refractivity contribution >= 4 is 5.91 Å². The van der Waals surface area contributed by atoms with Crippen molar-refractivity contribution in [3.63, 3.8) is 0 Å². The van der Waals surface area contributed by atoms with Crippen LogP contribution in [0.4, 0.5) is 13.2 Å². The van der Waals surface area contributed by atoms with Crippen LogP contribution in [0.3, 0.4) is 0 Å². The number of hydrogen-bond donors (Lipinski definition) is 0. The molecule has 1 amide bonds. The molecule has 0 spiro atoms. The summed E-state index contributed by atoms with van der Waals surface area (Å²) in [6, 6.07) is 4.42. The van der Waals surface area contributed by atoms with Gasteiger partial charge in [0.1, 0.15) is 5.75 Å². The molecule has 0 radical (unpaired) electrons. The first-order chi connectivity index (χ1) is 16.3. The summed E-state index contributed by atoms with van der Waals surface area (Å²) in [5, 5.41) is 0. The lowest BCUT2D eigenvalue weighted by atomic mass is 9.78. The number of carbonyl (C=O) groups excluding carboxylic acids is 1. The zero-order valence-electron chi connectivity index (χ0n) is 19.4. The minimum atomic E-state index is -4.74. The monoisotopic (exact) mass is 483 g/mol. The molecule has 4 aliphatic rings. The summed E-state index contributed by atoms with van der Waals surface area (Å²) in [5.41, 5.74) is 1.15. The van der Waals surface area contributed by atoms with Gasteiger partial charge in [-0.2, -0.15) is 0 Å². The molecule has 34 heavy (non-hydrogen) atoms. The minimum Gasteiger partial charge on any atom is -0.406 e.